The van der Waals surface area contributed by atoms with Gasteiger partial charge in [0.25, 0.3) is 5.91 Å². The van der Waals surface area contributed by atoms with Crippen LogP contribution in [-0.4, -0.2) is 50.5 Å². The van der Waals surface area contributed by atoms with Gasteiger partial charge >= 0.3 is 6.09 Å². The van der Waals surface area contributed by atoms with Gasteiger partial charge in [0.15, 0.2) is 5.82 Å². The standard InChI is InChI=1S/C15H12ClN5O.C10H19NO2/c16-6-8-1-3-9(4-2-8)11-5-10(15(18)22)12-13(21-11)14(17)20-7-19-12;1-10(2,3)13-9(12)11-7-5-4-6-8-11/h1-5,7H,6H2,(H2,18,22)(H2,17,19,20);4-8H2,1-3H3. The summed E-state index contributed by atoms with van der Waals surface area (Å²) in [7, 11) is 0. The summed E-state index contributed by atoms with van der Waals surface area (Å²) in [4.78, 5) is 37.4. The van der Waals surface area contributed by atoms with Gasteiger partial charge in [0.2, 0.25) is 0 Å². The maximum absolute atomic E-state index is 11.7. The highest BCUT2D eigenvalue weighted by atomic mass is 35.5. The molecule has 1 fully saturated rings. The van der Waals surface area contributed by atoms with Crippen LogP contribution in [0.4, 0.5) is 10.6 Å². The van der Waals surface area contributed by atoms with Gasteiger partial charge in [-0.2, -0.15) is 0 Å². The topological polar surface area (TPSA) is 137 Å². The fourth-order valence-electron chi connectivity index (χ4n) is 3.56. The molecule has 1 aromatic carbocycles. The number of pyridine rings is 1. The van der Waals surface area contributed by atoms with Gasteiger partial charge in [-0.3, -0.25) is 4.79 Å². The molecule has 186 valence electrons. The Bertz CT molecular complexity index is 1190. The lowest BCUT2D eigenvalue weighted by Crippen LogP contribution is -2.39. The monoisotopic (exact) mass is 498 g/mol. The molecule has 10 heteroatoms. The molecule has 4 rings (SSSR count). The molecule has 4 N–H and O–H groups in total. The van der Waals surface area contributed by atoms with Crippen molar-refractivity contribution in [1.82, 2.24) is 19.9 Å². The first-order valence-corrected chi connectivity index (χ1v) is 12.0. The van der Waals surface area contributed by atoms with Crippen molar-refractivity contribution >= 4 is 40.5 Å². The molecule has 2 aromatic heterocycles. The Balaban J connectivity index is 0.000000225. The van der Waals surface area contributed by atoms with E-state index in [0.717, 1.165) is 37.1 Å². The number of aromatic nitrogens is 3. The number of fused-ring (bicyclic) bond motifs is 1. The van der Waals surface area contributed by atoms with E-state index in [1.54, 1.807) is 11.0 Å². The van der Waals surface area contributed by atoms with Crippen LogP contribution in [0.3, 0.4) is 0 Å². The van der Waals surface area contributed by atoms with Crippen molar-refractivity contribution in [3.05, 3.63) is 47.8 Å². The predicted molar refractivity (Wildman–Crippen MR) is 137 cm³/mol. The molecule has 0 bridgehead atoms. The Labute approximate surface area is 209 Å². The minimum Gasteiger partial charge on any atom is -0.444 e. The van der Waals surface area contributed by atoms with Crippen LogP contribution in [0.2, 0.25) is 0 Å². The first-order chi connectivity index (χ1) is 16.6. The van der Waals surface area contributed by atoms with Crippen LogP contribution in [0.15, 0.2) is 36.7 Å². The Kier molecular flexibility index (Phi) is 8.45. The van der Waals surface area contributed by atoms with E-state index in [2.05, 4.69) is 15.0 Å². The molecule has 0 saturated carbocycles. The zero-order valence-electron chi connectivity index (χ0n) is 20.3. The predicted octanol–water partition coefficient (Wildman–Crippen LogP) is 4.52. The zero-order valence-corrected chi connectivity index (χ0v) is 21.0. The van der Waals surface area contributed by atoms with E-state index in [1.807, 2.05) is 45.0 Å². The second kappa shape index (κ2) is 11.3. The minimum atomic E-state index is -0.593. The maximum Gasteiger partial charge on any atom is 0.410 e. The number of nitrogen functional groups attached to an aromatic ring is 1. The normalized spacial score (nSPS) is 13.7. The highest BCUT2D eigenvalue weighted by Gasteiger charge is 2.23. The summed E-state index contributed by atoms with van der Waals surface area (Å²) in [6.07, 6.45) is 4.57. The van der Waals surface area contributed by atoms with Crippen molar-refractivity contribution in [3.8, 4) is 11.3 Å². The van der Waals surface area contributed by atoms with E-state index < -0.39 is 5.91 Å². The number of carbonyl (C=O) groups excluding carboxylic acids is 2. The van der Waals surface area contributed by atoms with Crippen molar-refractivity contribution in [2.24, 2.45) is 5.73 Å². The van der Waals surface area contributed by atoms with Crippen LogP contribution < -0.4 is 11.5 Å². The molecule has 3 aromatic rings. The number of halogens is 1. The number of likely N-dealkylation sites (tertiary alicyclic amines) is 1. The summed E-state index contributed by atoms with van der Waals surface area (Å²) in [5.74, 6) is 0.0366. The van der Waals surface area contributed by atoms with Gasteiger partial charge < -0.3 is 21.1 Å². The number of nitrogens with two attached hydrogens (primary N) is 2. The molecule has 0 unspecified atom stereocenters. The molecular weight excluding hydrogens is 468 g/mol. The minimum absolute atomic E-state index is 0.160. The van der Waals surface area contributed by atoms with E-state index in [9.17, 15) is 9.59 Å². The number of hydrogen-bond donors (Lipinski definition) is 2. The van der Waals surface area contributed by atoms with Crippen molar-refractivity contribution in [1.29, 1.82) is 0 Å². The van der Waals surface area contributed by atoms with Crippen molar-refractivity contribution in [2.45, 2.75) is 51.5 Å². The molecule has 1 aliphatic heterocycles. The molecule has 2 amide bonds. The summed E-state index contributed by atoms with van der Waals surface area (Å²) < 4.78 is 5.26. The highest BCUT2D eigenvalue weighted by molar-refractivity contribution is 6.17. The van der Waals surface area contributed by atoms with Crippen molar-refractivity contribution in [2.75, 3.05) is 18.8 Å². The van der Waals surface area contributed by atoms with Crippen LogP contribution in [0.25, 0.3) is 22.3 Å². The summed E-state index contributed by atoms with van der Waals surface area (Å²) in [6.45, 7) is 7.41. The number of piperidine rings is 1. The van der Waals surface area contributed by atoms with Gasteiger partial charge in [-0.1, -0.05) is 24.3 Å². The summed E-state index contributed by atoms with van der Waals surface area (Å²) >= 11 is 5.78. The molecule has 3 heterocycles. The largest absolute Gasteiger partial charge is 0.444 e. The van der Waals surface area contributed by atoms with Gasteiger partial charge in [-0.15, -0.1) is 11.6 Å². The first-order valence-electron chi connectivity index (χ1n) is 11.4. The highest BCUT2D eigenvalue weighted by Crippen LogP contribution is 2.26. The van der Waals surface area contributed by atoms with E-state index in [1.165, 1.54) is 12.7 Å². The number of hydrogen-bond acceptors (Lipinski definition) is 7. The molecule has 0 radical (unpaired) electrons. The molecule has 9 nitrogen and oxygen atoms in total. The van der Waals surface area contributed by atoms with Crippen LogP contribution in [0.5, 0.6) is 0 Å². The smallest absolute Gasteiger partial charge is 0.410 e. The third kappa shape index (κ3) is 7.02. The molecule has 0 aliphatic carbocycles. The van der Waals surface area contributed by atoms with E-state index in [-0.39, 0.29) is 23.1 Å². The van der Waals surface area contributed by atoms with Crippen molar-refractivity contribution < 1.29 is 14.3 Å². The molecule has 1 aliphatic rings. The average molecular weight is 499 g/mol. The fourth-order valence-corrected chi connectivity index (χ4v) is 3.74. The van der Waals surface area contributed by atoms with Gasteiger partial charge in [-0.05, 0) is 51.7 Å². The quantitative estimate of drug-likeness (QED) is 0.506. The Morgan fingerprint density at radius 1 is 1.06 bits per heavy atom. The number of anilines is 1. The maximum atomic E-state index is 11.7. The van der Waals surface area contributed by atoms with E-state index in [0.29, 0.717) is 22.6 Å². The van der Waals surface area contributed by atoms with Crippen molar-refractivity contribution in [3.63, 3.8) is 0 Å². The molecule has 1 saturated heterocycles. The summed E-state index contributed by atoms with van der Waals surface area (Å²) in [6, 6.07) is 9.13. The number of ether oxygens (including phenoxy) is 1. The molecule has 35 heavy (non-hydrogen) atoms. The zero-order chi connectivity index (χ0) is 25.6. The number of alkyl halides is 1. The number of benzene rings is 1. The van der Waals surface area contributed by atoms with Gasteiger partial charge in [0, 0.05) is 24.5 Å². The lowest BCUT2D eigenvalue weighted by atomic mass is 10.1. The Morgan fingerprint density at radius 3 is 2.29 bits per heavy atom. The van der Waals surface area contributed by atoms with Gasteiger partial charge in [-0.25, -0.2) is 19.7 Å². The third-order valence-electron chi connectivity index (χ3n) is 5.30. The van der Waals surface area contributed by atoms with Crippen LogP contribution in [0.1, 0.15) is 56.0 Å². The van der Waals surface area contributed by atoms with Gasteiger partial charge in [0.05, 0.1) is 11.3 Å². The van der Waals surface area contributed by atoms with Crippen LogP contribution in [0, 0.1) is 0 Å². The molecular formula is C25H31ClN6O3. The fraction of sp³-hybridized carbons (Fsp3) is 0.400. The van der Waals surface area contributed by atoms with E-state index >= 15 is 0 Å². The second-order valence-electron chi connectivity index (χ2n) is 9.23. The average Bonchev–Trinajstić information content (AvgIpc) is 2.83. The first kappa shape index (κ1) is 26.2. The Hall–Kier alpha value is -3.46. The number of nitrogens with zero attached hydrogens (tertiary/aromatic N) is 4. The Morgan fingerprint density at radius 2 is 1.71 bits per heavy atom. The number of carbonyl (C=O) groups is 2. The SMILES string of the molecule is CC(C)(C)OC(=O)N1CCCCC1.NC(=O)c1cc(-c2ccc(CCl)cc2)nc2c(N)ncnc12. The van der Waals surface area contributed by atoms with Gasteiger partial charge in [0.1, 0.15) is 23.0 Å². The summed E-state index contributed by atoms with van der Waals surface area (Å²) in [5.41, 5.74) is 14.3. The van der Waals surface area contributed by atoms with Crippen LogP contribution >= 0.6 is 11.6 Å². The third-order valence-corrected chi connectivity index (χ3v) is 5.60. The van der Waals surface area contributed by atoms with Crippen LogP contribution in [-0.2, 0) is 10.6 Å². The number of amides is 2. The molecule has 0 spiro atoms. The summed E-state index contributed by atoms with van der Waals surface area (Å²) in [5, 5.41) is 0. The van der Waals surface area contributed by atoms with E-state index in [4.69, 9.17) is 27.8 Å². The lowest BCUT2D eigenvalue weighted by molar-refractivity contribution is 0.0216. The number of primary amides is 1. The lowest BCUT2D eigenvalue weighted by Gasteiger charge is -2.29. The number of rotatable bonds is 3. The second-order valence-corrected chi connectivity index (χ2v) is 9.50. The molecule has 0 atom stereocenters.